The van der Waals surface area contributed by atoms with Crippen LogP contribution in [0.3, 0.4) is 0 Å². The Bertz CT molecular complexity index is 662. The highest BCUT2D eigenvalue weighted by Gasteiger charge is 2.22. The van der Waals surface area contributed by atoms with Crippen LogP contribution in [0.5, 0.6) is 0 Å². The molecule has 0 spiro atoms. The molecule has 1 aromatic carbocycles. The Balaban J connectivity index is 2.48. The van der Waals surface area contributed by atoms with E-state index in [-0.39, 0.29) is 17.3 Å². The fourth-order valence-electron chi connectivity index (χ4n) is 1.69. The third-order valence-electron chi connectivity index (χ3n) is 2.62. The Morgan fingerprint density at radius 2 is 2.00 bits per heavy atom. The van der Waals surface area contributed by atoms with E-state index in [4.69, 9.17) is 0 Å². The van der Waals surface area contributed by atoms with Crippen LogP contribution in [-0.2, 0) is 0 Å². The molecule has 2 aromatic rings. The first-order valence-electron chi connectivity index (χ1n) is 5.73. The minimum atomic E-state index is -0.516. The normalized spacial score (nSPS) is 10.2. The summed E-state index contributed by atoms with van der Waals surface area (Å²) in [6.45, 7) is 1.94. The first kappa shape index (κ1) is 14.2. The third kappa shape index (κ3) is 2.85. The summed E-state index contributed by atoms with van der Waals surface area (Å²) in [7, 11) is 1.57. The van der Waals surface area contributed by atoms with E-state index in [2.05, 4.69) is 36.5 Å². The van der Waals surface area contributed by atoms with E-state index in [1.54, 1.807) is 7.05 Å². The van der Waals surface area contributed by atoms with E-state index in [9.17, 15) is 10.1 Å². The van der Waals surface area contributed by atoms with Crippen LogP contribution in [0.4, 0.5) is 23.0 Å². The molecule has 0 aliphatic rings. The van der Waals surface area contributed by atoms with Gasteiger partial charge in [0.1, 0.15) is 6.33 Å². The van der Waals surface area contributed by atoms with Crippen LogP contribution in [0, 0.1) is 17.0 Å². The molecule has 0 saturated heterocycles. The number of anilines is 3. The van der Waals surface area contributed by atoms with Crippen molar-refractivity contribution in [2.24, 2.45) is 0 Å². The monoisotopic (exact) mass is 337 g/mol. The van der Waals surface area contributed by atoms with Gasteiger partial charge in [-0.25, -0.2) is 9.97 Å². The lowest BCUT2D eigenvalue weighted by molar-refractivity contribution is -0.383. The summed E-state index contributed by atoms with van der Waals surface area (Å²) >= 11 is 3.39. The molecule has 2 N–H and O–H groups in total. The maximum atomic E-state index is 11.2. The highest BCUT2D eigenvalue weighted by molar-refractivity contribution is 9.10. The number of hydrogen-bond acceptors (Lipinski definition) is 6. The molecule has 0 radical (unpaired) electrons. The van der Waals surface area contributed by atoms with Gasteiger partial charge in [-0.2, -0.15) is 0 Å². The zero-order chi connectivity index (χ0) is 14.7. The minimum Gasteiger partial charge on any atom is -0.367 e. The smallest absolute Gasteiger partial charge is 0.353 e. The number of hydrogen-bond donors (Lipinski definition) is 2. The quantitative estimate of drug-likeness (QED) is 0.657. The van der Waals surface area contributed by atoms with E-state index in [1.165, 1.54) is 6.33 Å². The van der Waals surface area contributed by atoms with E-state index in [1.807, 2.05) is 25.1 Å². The van der Waals surface area contributed by atoms with Crippen molar-refractivity contribution < 1.29 is 4.92 Å². The van der Waals surface area contributed by atoms with Gasteiger partial charge in [0.05, 0.1) is 10.6 Å². The van der Waals surface area contributed by atoms with Crippen molar-refractivity contribution in [3.8, 4) is 0 Å². The van der Waals surface area contributed by atoms with Gasteiger partial charge in [-0.05, 0) is 40.5 Å². The van der Waals surface area contributed by atoms with Crippen LogP contribution in [0.1, 0.15) is 5.56 Å². The first-order chi connectivity index (χ1) is 9.52. The third-order valence-corrected chi connectivity index (χ3v) is 3.31. The van der Waals surface area contributed by atoms with Crippen LogP contribution >= 0.6 is 15.9 Å². The molecule has 0 saturated carbocycles. The molecule has 0 fully saturated rings. The Hall–Kier alpha value is -2.22. The van der Waals surface area contributed by atoms with Crippen molar-refractivity contribution in [1.29, 1.82) is 0 Å². The second-order valence-electron chi connectivity index (χ2n) is 4.03. The average Bonchev–Trinajstić information content (AvgIpc) is 2.42. The van der Waals surface area contributed by atoms with Crippen molar-refractivity contribution in [1.82, 2.24) is 9.97 Å². The number of aromatic nitrogens is 2. The fourth-order valence-corrected chi connectivity index (χ4v) is 2.03. The zero-order valence-electron chi connectivity index (χ0n) is 10.8. The van der Waals surface area contributed by atoms with Crippen LogP contribution in [0.25, 0.3) is 0 Å². The van der Waals surface area contributed by atoms with Crippen LogP contribution in [-0.4, -0.2) is 21.9 Å². The summed E-state index contributed by atoms with van der Waals surface area (Å²) in [6.07, 6.45) is 1.27. The number of nitrogens with one attached hydrogen (secondary N) is 2. The molecule has 0 bridgehead atoms. The largest absolute Gasteiger partial charge is 0.367 e. The van der Waals surface area contributed by atoms with Crippen LogP contribution < -0.4 is 10.6 Å². The van der Waals surface area contributed by atoms with Gasteiger partial charge in [-0.15, -0.1) is 0 Å². The number of nitrogens with zero attached hydrogens (tertiary/aromatic N) is 3. The van der Waals surface area contributed by atoms with Crippen LogP contribution in [0.15, 0.2) is 29.0 Å². The van der Waals surface area contributed by atoms with Gasteiger partial charge in [0.2, 0.25) is 11.6 Å². The molecule has 1 aromatic heterocycles. The summed E-state index contributed by atoms with van der Waals surface area (Å²) in [4.78, 5) is 18.5. The lowest BCUT2D eigenvalue weighted by Crippen LogP contribution is -2.05. The average molecular weight is 338 g/mol. The summed E-state index contributed by atoms with van der Waals surface area (Å²) < 4.78 is 0.794. The standard InChI is InChI=1S/C12H12BrN5O2/c1-7-3-4-8(13)9(5-7)17-12-10(18(19)20)11(14-2)15-6-16-12/h3-6H,1-2H3,(H2,14,15,16,17). The molecule has 0 unspecified atom stereocenters. The summed E-state index contributed by atoms with van der Waals surface area (Å²) in [5.74, 6) is 0.303. The van der Waals surface area contributed by atoms with Gasteiger partial charge < -0.3 is 10.6 Å². The van der Waals surface area contributed by atoms with Crippen molar-refractivity contribution in [2.75, 3.05) is 17.7 Å². The number of halogens is 1. The highest BCUT2D eigenvalue weighted by Crippen LogP contribution is 2.33. The van der Waals surface area contributed by atoms with Gasteiger partial charge in [0.25, 0.3) is 0 Å². The van der Waals surface area contributed by atoms with Gasteiger partial charge in [0.15, 0.2) is 0 Å². The summed E-state index contributed by atoms with van der Waals surface area (Å²) in [6, 6.07) is 5.67. The molecule has 104 valence electrons. The van der Waals surface area contributed by atoms with Gasteiger partial charge >= 0.3 is 5.69 Å². The highest BCUT2D eigenvalue weighted by atomic mass is 79.9. The Labute approximate surface area is 123 Å². The second kappa shape index (κ2) is 5.83. The van der Waals surface area contributed by atoms with Gasteiger partial charge in [0, 0.05) is 11.5 Å². The molecule has 7 nitrogen and oxygen atoms in total. The molecule has 0 amide bonds. The van der Waals surface area contributed by atoms with E-state index in [0.717, 1.165) is 10.0 Å². The minimum absolute atomic E-state index is 0.139. The number of benzene rings is 1. The van der Waals surface area contributed by atoms with Crippen molar-refractivity contribution in [3.05, 3.63) is 44.7 Å². The molecular weight excluding hydrogens is 326 g/mol. The van der Waals surface area contributed by atoms with E-state index >= 15 is 0 Å². The van der Waals surface area contributed by atoms with Crippen molar-refractivity contribution in [3.63, 3.8) is 0 Å². The van der Waals surface area contributed by atoms with E-state index in [0.29, 0.717) is 5.69 Å². The Morgan fingerprint density at radius 1 is 1.30 bits per heavy atom. The topological polar surface area (TPSA) is 93.0 Å². The zero-order valence-corrected chi connectivity index (χ0v) is 12.4. The molecule has 1 heterocycles. The maximum absolute atomic E-state index is 11.2. The molecule has 0 aliphatic heterocycles. The predicted molar refractivity (Wildman–Crippen MR) is 80.4 cm³/mol. The number of nitro groups is 1. The summed E-state index contributed by atoms with van der Waals surface area (Å²) in [5.41, 5.74) is 1.54. The molecule has 0 atom stereocenters. The fraction of sp³-hybridized carbons (Fsp3) is 0.167. The molecule has 0 aliphatic carbocycles. The summed E-state index contributed by atoms with van der Waals surface area (Å²) in [5, 5.41) is 16.8. The molecule has 8 heteroatoms. The van der Waals surface area contributed by atoms with E-state index < -0.39 is 4.92 Å². The number of aryl methyl sites for hydroxylation is 1. The lowest BCUT2D eigenvalue weighted by Gasteiger charge is -2.10. The second-order valence-corrected chi connectivity index (χ2v) is 4.89. The van der Waals surface area contributed by atoms with Crippen molar-refractivity contribution >= 4 is 38.9 Å². The first-order valence-corrected chi connectivity index (χ1v) is 6.52. The lowest BCUT2D eigenvalue weighted by atomic mass is 10.2. The predicted octanol–water partition coefficient (Wildman–Crippen LogP) is 3.24. The Kier molecular flexibility index (Phi) is 4.14. The Morgan fingerprint density at radius 3 is 2.65 bits per heavy atom. The molecule has 2 rings (SSSR count). The van der Waals surface area contributed by atoms with Gasteiger partial charge in [-0.3, -0.25) is 10.1 Å². The SMILES string of the molecule is CNc1ncnc(Nc2cc(C)ccc2Br)c1[N+](=O)[O-]. The molecule has 20 heavy (non-hydrogen) atoms. The van der Waals surface area contributed by atoms with Crippen LogP contribution in [0.2, 0.25) is 0 Å². The van der Waals surface area contributed by atoms with Gasteiger partial charge in [-0.1, -0.05) is 6.07 Å². The van der Waals surface area contributed by atoms with Crippen molar-refractivity contribution in [2.45, 2.75) is 6.92 Å². The number of rotatable bonds is 4. The maximum Gasteiger partial charge on any atom is 0.353 e. The molecular formula is C12H12BrN5O2.